The van der Waals surface area contributed by atoms with Crippen LogP contribution >= 0.6 is 0 Å². The summed E-state index contributed by atoms with van der Waals surface area (Å²) in [6.07, 6.45) is 5.38. The largest absolute Gasteiger partial charge is 0.380 e. The fourth-order valence-corrected chi connectivity index (χ4v) is 3.07. The molecule has 0 aromatic heterocycles. The lowest BCUT2D eigenvalue weighted by atomic mass is 9.51. The molecule has 2 aliphatic rings. The van der Waals surface area contributed by atoms with Gasteiger partial charge in [-0.05, 0) is 37.1 Å². The minimum atomic E-state index is 0.366. The van der Waals surface area contributed by atoms with Crippen molar-refractivity contribution in [1.29, 1.82) is 0 Å². The molecule has 0 bridgehead atoms. The van der Waals surface area contributed by atoms with Crippen molar-refractivity contribution < 1.29 is 4.74 Å². The van der Waals surface area contributed by atoms with Gasteiger partial charge in [0.2, 0.25) is 0 Å². The van der Waals surface area contributed by atoms with E-state index >= 15 is 0 Å². The molecular weight excluding hydrogens is 174 g/mol. The predicted octanol–water partition coefficient (Wildman–Crippen LogP) is 2.18. The van der Waals surface area contributed by atoms with Crippen molar-refractivity contribution in [3.05, 3.63) is 0 Å². The lowest BCUT2D eigenvalue weighted by Crippen LogP contribution is -2.59. The Morgan fingerprint density at radius 3 is 2.29 bits per heavy atom. The summed E-state index contributed by atoms with van der Waals surface area (Å²) in [4.78, 5) is 0. The zero-order valence-electron chi connectivity index (χ0n) is 9.51. The summed E-state index contributed by atoms with van der Waals surface area (Å²) in [6.45, 7) is 7.51. The van der Waals surface area contributed by atoms with Gasteiger partial charge in [0, 0.05) is 5.41 Å². The van der Waals surface area contributed by atoms with Crippen molar-refractivity contribution in [1.82, 2.24) is 0 Å². The van der Waals surface area contributed by atoms with Crippen LogP contribution in [0, 0.1) is 16.7 Å². The van der Waals surface area contributed by atoms with Crippen molar-refractivity contribution in [2.45, 2.75) is 39.5 Å². The first-order valence-corrected chi connectivity index (χ1v) is 5.90. The topological polar surface area (TPSA) is 35.2 Å². The zero-order valence-corrected chi connectivity index (χ0v) is 9.51. The molecule has 0 unspecified atom stereocenters. The Kier molecular flexibility index (Phi) is 2.61. The van der Waals surface area contributed by atoms with Crippen LogP contribution < -0.4 is 5.73 Å². The Morgan fingerprint density at radius 1 is 1.36 bits per heavy atom. The van der Waals surface area contributed by atoms with Gasteiger partial charge < -0.3 is 10.5 Å². The normalized spacial score (nSPS) is 26.8. The van der Waals surface area contributed by atoms with Crippen LogP contribution in [-0.2, 0) is 4.74 Å². The molecule has 2 rings (SSSR count). The van der Waals surface area contributed by atoms with Crippen LogP contribution in [0.15, 0.2) is 0 Å². The summed E-state index contributed by atoms with van der Waals surface area (Å²) in [5.41, 5.74) is 6.54. The van der Waals surface area contributed by atoms with Crippen LogP contribution in [0.1, 0.15) is 39.5 Å². The molecule has 0 atom stereocenters. The minimum absolute atomic E-state index is 0.366. The first-order chi connectivity index (χ1) is 6.62. The van der Waals surface area contributed by atoms with E-state index in [1.54, 1.807) is 0 Å². The Labute approximate surface area is 87.2 Å². The second-order valence-electron chi connectivity index (χ2n) is 5.70. The molecule has 14 heavy (non-hydrogen) atoms. The molecule has 0 aromatic carbocycles. The molecular formula is C12H23NO. The second kappa shape index (κ2) is 3.49. The Hall–Kier alpha value is -0.0800. The van der Waals surface area contributed by atoms with Gasteiger partial charge in [0.25, 0.3) is 0 Å². The number of nitrogens with two attached hydrogens (primary N) is 1. The summed E-state index contributed by atoms with van der Waals surface area (Å²) < 4.78 is 5.49. The van der Waals surface area contributed by atoms with Crippen LogP contribution in [0.25, 0.3) is 0 Å². The Balaban J connectivity index is 2.09. The second-order valence-corrected chi connectivity index (χ2v) is 5.70. The Morgan fingerprint density at radius 2 is 2.00 bits per heavy atom. The molecule has 1 saturated heterocycles. The van der Waals surface area contributed by atoms with Crippen molar-refractivity contribution in [2.75, 3.05) is 19.8 Å². The summed E-state index contributed by atoms with van der Waals surface area (Å²) >= 11 is 0. The van der Waals surface area contributed by atoms with Crippen molar-refractivity contribution in [3.8, 4) is 0 Å². The average Bonchev–Trinajstić information content (AvgIpc) is 1.91. The van der Waals surface area contributed by atoms with Gasteiger partial charge in [-0.3, -0.25) is 0 Å². The van der Waals surface area contributed by atoms with Crippen LogP contribution in [0.2, 0.25) is 0 Å². The number of hydrogen-bond donors (Lipinski definition) is 1. The van der Waals surface area contributed by atoms with Crippen LogP contribution in [0.4, 0.5) is 0 Å². The van der Waals surface area contributed by atoms with Crippen LogP contribution in [-0.4, -0.2) is 19.8 Å². The van der Waals surface area contributed by atoms with Crippen molar-refractivity contribution in [2.24, 2.45) is 22.5 Å². The summed E-state index contributed by atoms with van der Waals surface area (Å²) in [7, 11) is 0. The third-order valence-electron chi connectivity index (χ3n) is 4.72. The number of hydrogen-bond acceptors (Lipinski definition) is 2. The maximum atomic E-state index is 5.71. The fraction of sp³-hybridized carbons (Fsp3) is 1.00. The van der Waals surface area contributed by atoms with Gasteiger partial charge in [-0.15, -0.1) is 0 Å². The molecule has 0 amide bonds. The Bertz CT molecular complexity index is 204. The molecule has 1 heterocycles. The summed E-state index contributed by atoms with van der Waals surface area (Å²) in [6, 6.07) is 0. The van der Waals surface area contributed by atoms with E-state index in [9.17, 15) is 0 Å². The van der Waals surface area contributed by atoms with Gasteiger partial charge in [-0.1, -0.05) is 20.3 Å². The number of rotatable bonds is 4. The number of ether oxygens (including phenoxy) is 1. The molecule has 0 radical (unpaired) electrons. The highest BCUT2D eigenvalue weighted by molar-refractivity contribution is 5.03. The molecule has 1 aliphatic carbocycles. The monoisotopic (exact) mass is 197 g/mol. The predicted molar refractivity (Wildman–Crippen MR) is 58.0 cm³/mol. The van der Waals surface area contributed by atoms with E-state index in [0.717, 1.165) is 32.1 Å². The van der Waals surface area contributed by atoms with E-state index < -0.39 is 0 Å². The lowest BCUT2D eigenvalue weighted by molar-refractivity contribution is -0.222. The lowest BCUT2D eigenvalue weighted by Gasteiger charge is -2.59. The van der Waals surface area contributed by atoms with E-state index in [2.05, 4.69) is 13.8 Å². The standard InChI is InChI=1S/C12H23NO/c1-11(2,6-7-13)12(8-14-9-12)10-4-3-5-10/h10H,3-9,13H2,1-2H3. The molecule has 2 fully saturated rings. The third kappa shape index (κ3) is 1.31. The van der Waals surface area contributed by atoms with Gasteiger partial charge >= 0.3 is 0 Å². The molecule has 2 N–H and O–H groups in total. The molecule has 2 heteroatoms. The van der Waals surface area contributed by atoms with E-state index in [-0.39, 0.29) is 0 Å². The maximum absolute atomic E-state index is 5.71. The minimum Gasteiger partial charge on any atom is -0.380 e. The average molecular weight is 197 g/mol. The summed E-state index contributed by atoms with van der Waals surface area (Å²) in [5, 5.41) is 0. The van der Waals surface area contributed by atoms with E-state index in [1.807, 2.05) is 0 Å². The van der Waals surface area contributed by atoms with Gasteiger partial charge in [0.1, 0.15) is 0 Å². The SMILES string of the molecule is CC(C)(CCN)C1(C2CCC2)COC1. The highest BCUT2D eigenvalue weighted by atomic mass is 16.5. The first kappa shape index (κ1) is 10.4. The first-order valence-electron chi connectivity index (χ1n) is 5.90. The van der Waals surface area contributed by atoms with Crippen molar-refractivity contribution >= 4 is 0 Å². The summed E-state index contributed by atoms with van der Waals surface area (Å²) in [5.74, 6) is 0.915. The smallest absolute Gasteiger partial charge is 0.0552 e. The van der Waals surface area contributed by atoms with Gasteiger partial charge in [0.15, 0.2) is 0 Å². The van der Waals surface area contributed by atoms with Gasteiger partial charge in [-0.2, -0.15) is 0 Å². The molecule has 1 aliphatic heterocycles. The van der Waals surface area contributed by atoms with Crippen LogP contribution in [0.3, 0.4) is 0 Å². The molecule has 0 spiro atoms. The maximum Gasteiger partial charge on any atom is 0.0552 e. The quantitative estimate of drug-likeness (QED) is 0.749. The highest BCUT2D eigenvalue weighted by Crippen LogP contribution is 2.57. The van der Waals surface area contributed by atoms with Gasteiger partial charge in [0.05, 0.1) is 13.2 Å². The van der Waals surface area contributed by atoms with Gasteiger partial charge in [-0.25, -0.2) is 0 Å². The highest BCUT2D eigenvalue weighted by Gasteiger charge is 2.56. The molecule has 82 valence electrons. The molecule has 0 aromatic rings. The molecule has 2 nitrogen and oxygen atoms in total. The van der Waals surface area contributed by atoms with Crippen LogP contribution in [0.5, 0.6) is 0 Å². The van der Waals surface area contributed by atoms with Crippen molar-refractivity contribution in [3.63, 3.8) is 0 Å². The fourth-order valence-electron chi connectivity index (χ4n) is 3.07. The van der Waals surface area contributed by atoms with E-state index in [0.29, 0.717) is 10.8 Å². The third-order valence-corrected chi connectivity index (χ3v) is 4.72. The zero-order chi connectivity index (χ0) is 10.2. The van der Waals surface area contributed by atoms with E-state index in [4.69, 9.17) is 10.5 Å². The van der Waals surface area contributed by atoms with E-state index in [1.165, 1.54) is 19.3 Å². The molecule has 1 saturated carbocycles.